The van der Waals surface area contributed by atoms with Crippen LogP contribution in [0.3, 0.4) is 0 Å². The molecule has 1 amide bonds. The van der Waals surface area contributed by atoms with Crippen molar-refractivity contribution in [3.63, 3.8) is 0 Å². The highest BCUT2D eigenvalue weighted by atomic mass is 35.5. The van der Waals surface area contributed by atoms with Crippen LogP contribution < -0.4 is 10.1 Å². The first-order valence-corrected chi connectivity index (χ1v) is 10.4. The third-order valence-corrected chi connectivity index (χ3v) is 6.84. The zero-order valence-electron chi connectivity index (χ0n) is 16.6. The number of ether oxygens (including phenoxy) is 1. The zero-order chi connectivity index (χ0) is 18.1. The van der Waals surface area contributed by atoms with Crippen molar-refractivity contribution in [1.82, 2.24) is 10.2 Å². The van der Waals surface area contributed by atoms with Crippen LogP contribution in [0.4, 0.5) is 0 Å². The molecule has 0 aromatic heterocycles. The summed E-state index contributed by atoms with van der Waals surface area (Å²) in [5.41, 5.74) is 1.75. The number of carbonyl (C=O) groups excluding carboxylic acids is 1. The molecule has 4 nitrogen and oxygen atoms in total. The number of aryl methyl sites for hydroxylation is 1. The van der Waals surface area contributed by atoms with E-state index in [0.717, 1.165) is 43.0 Å². The molecule has 0 spiro atoms. The lowest BCUT2D eigenvalue weighted by Gasteiger charge is -2.47. The number of amides is 1. The van der Waals surface area contributed by atoms with Crippen LogP contribution in [0.15, 0.2) is 18.2 Å². The fourth-order valence-electron chi connectivity index (χ4n) is 5.66. The predicted molar refractivity (Wildman–Crippen MR) is 111 cm³/mol. The molecule has 27 heavy (non-hydrogen) atoms. The van der Waals surface area contributed by atoms with Crippen LogP contribution in [0.25, 0.3) is 0 Å². The maximum atomic E-state index is 12.8. The summed E-state index contributed by atoms with van der Waals surface area (Å²) in [6.45, 7) is 4.16. The van der Waals surface area contributed by atoms with Gasteiger partial charge in [-0.15, -0.1) is 12.4 Å². The van der Waals surface area contributed by atoms with E-state index in [4.69, 9.17) is 4.74 Å². The van der Waals surface area contributed by atoms with Crippen LogP contribution in [0.1, 0.15) is 60.9 Å². The molecule has 1 saturated heterocycles. The van der Waals surface area contributed by atoms with Crippen LogP contribution in [0, 0.1) is 18.8 Å². The van der Waals surface area contributed by atoms with Gasteiger partial charge in [-0.1, -0.05) is 18.9 Å². The summed E-state index contributed by atoms with van der Waals surface area (Å²) in [5.74, 6) is 2.46. The molecule has 0 radical (unpaired) electrons. The van der Waals surface area contributed by atoms with Gasteiger partial charge in [-0.3, -0.25) is 9.69 Å². The highest BCUT2D eigenvalue weighted by Gasteiger charge is 2.42. The fourth-order valence-corrected chi connectivity index (χ4v) is 5.66. The second-order valence-corrected chi connectivity index (χ2v) is 8.53. The number of nitrogens with one attached hydrogen (secondary N) is 1. The van der Waals surface area contributed by atoms with Gasteiger partial charge in [-0.2, -0.15) is 0 Å². The normalized spacial score (nSPS) is 30.4. The first kappa shape index (κ1) is 20.5. The Bertz CT molecular complexity index is 644. The molecule has 1 aliphatic heterocycles. The minimum Gasteiger partial charge on any atom is -0.496 e. The van der Waals surface area contributed by atoms with Crippen LogP contribution in [-0.2, 0) is 0 Å². The SMILES string of the molecule is COc1cc(C)ccc1C(=O)N[C@H]1CCN(C2C3CCCC2CCC3)C1.Cl. The van der Waals surface area contributed by atoms with Gasteiger partial charge in [0.15, 0.2) is 0 Å². The Morgan fingerprint density at radius 1 is 1.11 bits per heavy atom. The summed E-state index contributed by atoms with van der Waals surface area (Å²) >= 11 is 0. The topological polar surface area (TPSA) is 41.6 Å². The van der Waals surface area contributed by atoms with E-state index in [2.05, 4.69) is 10.2 Å². The van der Waals surface area contributed by atoms with Crippen molar-refractivity contribution >= 4 is 18.3 Å². The maximum Gasteiger partial charge on any atom is 0.255 e. The number of fused-ring (bicyclic) bond motifs is 2. The van der Waals surface area contributed by atoms with Gasteiger partial charge in [-0.05, 0) is 68.6 Å². The smallest absolute Gasteiger partial charge is 0.255 e. The van der Waals surface area contributed by atoms with E-state index in [-0.39, 0.29) is 24.4 Å². The van der Waals surface area contributed by atoms with Gasteiger partial charge in [0.25, 0.3) is 5.91 Å². The first-order valence-electron chi connectivity index (χ1n) is 10.4. The largest absolute Gasteiger partial charge is 0.496 e. The van der Waals surface area contributed by atoms with Crippen LogP contribution in [0.2, 0.25) is 0 Å². The summed E-state index contributed by atoms with van der Waals surface area (Å²) in [6.07, 6.45) is 9.56. The van der Waals surface area contributed by atoms with Gasteiger partial charge in [0.2, 0.25) is 0 Å². The summed E-state index contributed by atoms with van der Waals surface area (Å²) < 4.78 is 5.41. The number of hydrogen-bond donors (Lipinski definition) is 1. The Kier molecular flexibility index (Phi) is 6.69. The van der Waals surface area contributed by atoms with Gasteiger partial charge in [-0.25, -0.2) is 0 Å². The Labute approximate surface area is 169 Å². The molecule has 1 atom stereocenters. The van der Waals surface area contributed by atoms with Gasteiger partial charge >= 0.3 is 0 Å². The van der Waals surface area contributed by atoms with E-state index in [1.165, 1.54) is 38.5 Å². The molecule has 3 aliphatic rings. The lowest BCUT2D eigenvalue weighted by molar-refractivity contribution is 0.0346. The van der Waals surface area contributed by atoms with Crippen LogP contribution in [-0.4, -0.2) is 43.1 Å². The number of hydrogen-bond acceptors (Lipinski definition) is 3. The van der Waals surface area contributed by atoms with Crippen molar-refractivity contribution < 1.29 is 9.53 Å². The monoisotopic (exact) mass is 392 g/mol. The molecule has 1 aromatic rings. The molecule has 2 bridgehead atoms. The molecule has 1 heterocycles. The van der Waals surface area contributed by atoms with Gasteiger partial charge < -0.3 is 10.1 Å². The van der Waals surface area contributed by atoms with Crippen molar-refractivity contribution in [1.29, 1.82) is 0 Å². The number of likely N-dealkylation sites (tertiary alicyclic amines) is 1. The van der Waals surface area contributed by atoms with Gasteiger partial charge in [0, 0.05) is 25.2 Å². The molecular formula is C22H33ClN2O2. The van der Waals surface area contributed by atoms with E-state index in [9.17, 15) is 4.79 Å². The lowest BCUT2D eigenvalue weighted by atomic mass is 9.68. The van der Waals surface area contributed by atoms with Crippen LogP contribution in [0.5, 0.6) is 5.75 Å². The Morgan fingerprint density at radius 3 is 2.41 bits per heavy atom. The molecule has 150 valence electrons. The average molecular weight is 393 g/mol. The Morgan fingerprint density at radius 2 is 1.78 bits per heavy atom. The van der Waals surface area contributed by atoms with Crippen molar-refractivity contribution in [2.45, 2.75) is 64.0 Å². The molecule has 0 unspecified atom stereocenters. The van der Waals surface area contributed by atoms with Crippen molar-refractivity contribution in [2.24, 2.45) is 11.8 Å². The highest BCUT2D eigenvalue weighted by Crippen LogP contribution is 2.43. The van der Waals surface area contributed by atoms with Gasteiger partial charge in [0.1, 0.15) is 5.75 Å². The number of nitrogens with zero attached hydrogens (tertiary/aromatic N) is 1. The fraction of sp³-hybridized carbons (Fsp3) is 0.682. The summed E-state index contributed by atoms with van der Waals surface area (Å²) in [7, 11) is 1.63. The standard InChI is InChI=1S/C22H32N2O2.ClH/c1-15-9-10-19(20(13-15)26-2)22(25)23-18-11-12-24(14-18)21-16-5-3-6-17(21)8-4-7-16;/h9-10,13,16-18,21H,3-8,11-12,14H2,1-2H3,(H,23,25);1H/t16?,17?,18-,21?;/m0./s1. The molecular weight excluding hydrogens is 360 g/mol. The predicted octanol–water partition coefficient (Wildman–Crippen LogP) is 4.20. The van der Waals surface area contributed by atoms with E-state index in [0.29, 0.717) is 11.3 Å². The average Bonchev–Trinajstić information content (AvgIpc) is 3.08. The van der Waals surface area contributed by atoms with E-state index < -0.39 is 0 Å². The van der Waals surface area contributed by atoms with E-state index in [1.54, 1.807) is 7.11 Å². The molecule has 1 N–H and O–H groups in total. The quantitative estimate of drug-likeness (QED) is 0.834. The maximum absolute atomic E-state index is 12.8. The number of carbonyl (C=O) groups is 1. The Hall–Kier alpha value is -1.26. The Balaban J connectivity index is 0.00000210. The summed E-state index contributed by atoms with van der Waals surface area (Å²) in [6, 6.07) is 6.81. The minimum atomic E-state index is -0.00228. The van der Waals surface area contributed by atoms with E-state index in [1.807, 2.05) is 25.1 Å². The van der Waals surface area contributed by atoms with Gasteiger partial charge in [0.05, 0.1) is 12.7 Å². The number of rotatable bonds is 4. The second kappa shape index (κ2) is 8.83. The zero-order valence-corrected chi connectivity index (χ0v) is 17.4. The number of benzene rings is 1. The molecule has 3 fully saturated rings. The molecule has 2 saturated carbocycles. The highest BCUT2D eigenvalue weighted by molar-refractivity contribution is 5.97. The van der Waals surface area contributed by atoms with E-state index >= 15 is 0 Å². The third kappa shape index (κ3) is 4.27. The van der Waals surface area contributed by atoms with Crippen LogP contribution >= 0.6 is 12.4 Å². The minimum absolute atomic E-state index is 0. The molecule has 5 heteroatoms. The molecule has 1 aromatic carbocycles. The second-order valence-electron chi connectivity index (χ2n) is 8.53. The molecule has 4 rings (SSSR count). The summed E-state index contributed by atoms with van der Waals surface area (Å²) in [4.78, 5) is 15.5. The molecule has 2 aliphatic carbocycles. The third-order valence-electron chi connectivity index (χ3n) is 6.84. The van der Waals surface area contributed by atoms with Crippen molar-refractivity contribution in [2.75, 3.05) is 20.2 Å². The number of halogens is 1. The van der Waals surface area contributed by atoms with Crippen molar-refractivity contribution in [3.05, 3.63) is 29.3 Å². The summed E-state index contributed by atoms with van der Waals surface area (Å²) in [5, 5.41) is 3.26. The first-order chi connectivity index (χ1) is 12.7. The van der Waals surface area contributed by atoms with Crippen molar-refractivity contribution in [3.8, 4) is 5.75 Å². The number of methoxy groups -OCH3 is 1. The lowest BCUT2D eigenvalue weighted by Crippen LogP contribution is -2.50.